The van der Waals surface area contributed by atoms with Crippen LogP contribution in [-0.2, 0) is 20.9 Å². The highest BCUT2D eigenvalue weighted by Crippen LogP contribution is 2.34. The molecule has 1 unspecified atom stereocenters. The van der Waals surface area contributed by atoms with Gasteiger partial charge < -0.3 is 4.90 Å². The van der Waals surface area contributed by atoms with Gasteiger partial charge in [-0.05, 0) is 31.0 Å². The number of fused-ring (bicyclic) bond motifs is 1. The average Bonchev–Trinajstić information content (AvgIpc) is 2.83. The number of carbonyl (C=O) groups excluding carboxylic acids is 4. The van der Waals surface area contributed by atoms with Crippen LogP contribution in [-0.4, -0.2) is 40.2 Å². The van der Waals surface area contributed by atoms with Crippen molar-refractivity contribution >= 4 is 35.3 Å². The number of carbonyl (C=O) groups is 4. The molecule has 0 bridgehead atoms. The van der Waals surface area contributed by atoms with Crippen LogP contribution in [0.1, 0.15) is 35.7 Å². The Hall–Kier alpha value is -2.15. The predicted molar refractivity (Wildman–Crippen MR) is 83.9 cm³/mol. The molecule has 0 radical (unpaired) electrons. The molecule has 2 aliphatic heterocycles. The number of piperidine rings is 1. The van der Waals surface area contributed by atoms with Crippen molar-refractivity contribution in [2.24, 2.45) is 0 Å². The zero-order valence-corrected chi connectivity index (χ0v) is 13.4. The van der Waals surface area contributed by atoms with Gasteiger partial charge in [-0.3, -0.25) is 24.5 Å². The Bertz CT molecular complexity index is 716. The molecule has 2 aliphatic rings. The summed E-state index contributed by atoms with van der Waals surface area (Å²) in [5.41, 5.74) is 1.43. The van der Waals surface area contributed by atoms with E-state index in [1.807, 2.05) is 6.07 Å². The highest BCUT2D eigenvalue weighted by Gasteiger charge is 2.39. The van der Waals surface area contributed by atoms with Crippen molar-refractivity contribution in [1.29, 1.82) is 0 Å². The predicted octanol–water partition coefficient (Wildman–Crippen LogP) is 1.13. The van der Waals surface area contributed by atoms with Crippen molar-refractivity contribution in [3.05, 3.63) is 29.3 Å². The third-order valence-electron chi connectivity index (χ3n) is 3.97. The summed E-state index contributed by atoms with van der Waals surface area (Å²) in [4.78, 5) is 49.5. The third kappa shape index (κ3) is 3.01. The van der Waals surface area contributed by atoms with Crippen molar-refractivity contribution in [3.63, 3.8) is 0 Å². The zero-order chi connectivity index (χ0) is 16.6. The lowest BCUT2D eigenvalue weighted by Crippen LogP contribution is -2.52. The smallest absolute Gasteiger partial charge is 0.255 e. The zero-order valence-electron chi connectivity index (χ0n) is 12.6. The first kappa shape index (κ1) is 15.7. The van der Waals surface area contributed by atoms with Crippen molar-refractivity contribution < 1.29 is 19.2 Å². The normalized spacial score (nSPS) is 20.5. The summed E-state index contributed by atoms with van der Waals surface area (Å²) < 4.78 is 0. The first-order valence-electron chi connectivity index (χ1n) is 7.36. The Kier molecular flexibility index (Phi) is 4.21. The quantitative estimate of drug-likeness (QED) is 0.660. The second kappa shape index (κ2) is 6.16. The fourth-order valence-corrected chi connectivity index (χ4v) is 3.75. The molecule has 6 nitrogen and oxygen atoms in total. The number of nitrogens with one attached hydrogen (secondary N) is 1. The van der Waals surface area contributed by atoms with Crippen molar-refractivity contribution in [3.8, 4) is 0 Å². The van der Waals surface area contributed by atoms with E-state index < -0.39 is 11.9 Å². The summed E-state index contributed by atoms with van der Waals surface area (Å²) in [5.74, 6) is -0.490. The van der Waals surface area contributed by atoms with E-state index in [0.717, 1.165) is 10.5 Å². The van der Waals surface area contributed by atoms with E-state index in [9.17, 15) is 19.2 Å². The van der Waals surface area contributed by atoms with Gasteiger partial charge in [-0.25, -0.2) is 0 Å². The number of hydrogen-bond donors (Lipinski definition) is 1. The van der Waals surface area contributed by atoms with Crippen LogP contribution in [0.3, 0.4) is 0 Å². The Balaban J connectivity index is 1.84. The number of Topliss-reactive ketones (excluding diaryl/α,β-unsaturated/α-hetero) is 1. The Morgan fingerprint density at radius 2 is 2.13 bits per heavy atom. The molecule has 1 fully saturated rings. The minimum absolute atomic E-state index is 0.0685. The molecule has 3 rings (SSSR count). The minimum atomic E-state index is -0.613. The largest absolute Gasteiger partial charge is 0.322 e. The first-order chi connectivity index (χ1) is 11.0. The summed E-state index contributed by atoms with van der Waals surface area (Å²) in [6.45, 7) is 1.86. The molecule has 23 heavy (non-hydrogen) atoms. The number of benzene rings is 1. The number of rotatable bonds is 4. The Morgan fingerprint density at radius 1 is 1.35 bits per heavy atom. The van der Waals surface area contributed by atoms with E-state index in [-0.39, 0.29) is 24.0 Å². The Morgan fingerprint density at radius 3 is 2.83 bits per heavy atom. The van der Waals surface area contributed by atoms with Gasteiger partial charge in [0.15, 0.2) is 0 Å². The second-order valence-electron chi connectivity index (χ2n) is 5.67. The van der Waals surface area contributed by atoms with Crippen LogP contribution < -0.4 is 5.32 Å². The molecular weight excluding hydrogens is 316 g/mol. The number of hydrogen-bond acceptors (Lipinski definition) is 5. The van der Waals surface area contributed by atoms with Crippen LogP contribution in [0.4, 0.5) is 0 Å². The molecule has 2 heterocycles. The SMILES string of the molecule is CC(=O)CSc1cccc2c1CN(C1CCC(=O)NC1=O)C2=O. The molecule has 1 aromatic carbocycles. The van der Waals surface area contributed by atoms with Crippen LogP contribution in [0, 0.1) is 0 Å². The maximum atomic E-state index is 12.6. The van der Waals surface area contributed by atoms with Gasteiger partial charge >= 0.3 is 0 Å². The highest BCUT2D eigenvalue weighted by atomic mass is 32.2. The van der Waals surface area contributed by atoms with Gasteiger partial charge in [0.2, 0.25) is 11.8 Å². The molecule has 120 valence electrons. The van der Waals surface area contributed by atoms with Gasteiger partial charge in [0.25, 0.3) is 5.91 Å². The van der Waals surface area contributed by atoms with E-state index in [2.05, 4.69) is 5.32 Å². The lowest BCUT2D eigenvalue weighted by atomic mass is 10.0. The van der Waals surface area contributed by atoms with Gasteiger partial charge in [-0.2, -0.15) is 0 Å². The summed E-state index contributed by atoms with van der Waals surface area (Å²) >= 11 is 1.40. The Labute approximate surface area is 137 Å². The van der Waals surface area contributed by atoms with Crippen LogP contribution >= 0.6 is 11.8 Å². The summed E-state index contributed by atoms with van der Waals surface area (Å²) in [6, 6.07) is 4.79. The first-order valence-corrected chi connectivity index (χ1v) is 8.34. The molecule has 0 aliphatic carbocycles. The standard InChI is InChI=1S/C16H16N2O4S/c1-9(19)8-23-13-4-2-3-10-11(13)7-18(16(10)22)12-5-6-14(20)17-15(12)21/h2-4,12H,5-8H2,1H3,(H,17,20,21). The van der Waals surface area contributed by atoms with E-state index in [1.165, 1.54) is 23.6 Å². The summed E-state index contributed by atoms with van der Waals surface area (Å²) in [7, 11) is 0. The number of imide groups is 1. The molecule has 1 N–H and O–H groups in total. The van der Waals surface area contributed by atoms with Crippen molar-refractivity contribution in [2.45, 2.75) is 37.2 Å². The lowest BCUT2D eigenvalue weighted by Gasteiger charge is -2.29. The molecule has 3 amide bonds. The van der Waals surface area contributed by atoms with Crippen LogP contribution in [0.25, 0.3) is 0 Å². The summed E-state index contributed by atoms with van der Waals surface area (Å²) in [5, 5.41) is 2.29. The van der Waals surface area contributed by atoms with Crippen LogP contribution in [0.2, 0.25) is 0 Å². The molecule has 7 heteroatoms. The molecule has 1 saturated heterocycles. The van der Waals surface area contributed by atoms with Crippen LogP contribution in [0.15, 0.2) is 23.1 Å². The number of amides is 3. The third-order valence-corrected chi connectivity index (χ3v) is 5.21. The van der Waals surface area contributed by atoms with E-state index >= 15 is 0 Å². The minimum Gasteiger partial charge on any atom is -0.322 e. The van der Waals surface area contributed by atoms with Crippen molar-refractivity contribution in [2.75, 3.05) is 5.75 Å². The van der Waals surface area contributed by atoms with Gasteiger partial charge in [0, 0.05) is 23.4 Å². The maximum absolute atomic E-state index is 12.6. The van der Waals surface area contributed by atoms with E-state index in [4.69, 9.17) is 0 Å². The molecule has 1 aromatic rings. The number of nitrogens with zero attached hydrogens (tertiary/aromatic N) is 1. The molecule has 0 spiro atoms. The maximum Gasteiger partial charge on any atom is 0.255 e. The number of thioether (sulfide) groups is 1. The van der Waals surface area contributed by atoms with Crippen LogP contribution in [0.5, 0.6) is 0 Å². The fraction of sp³-hybridized carbons (Fsp3) is 0.375. The fourth-order valence-electron chi connectivity index (χ4n) is 2.87. The monoisotopic (exact) mass is 332 g/mol. The molecule has 0 saturated carbocycles. The average molecular weight is 332 g/mol. The van der Waals surface area contributed by atoms with Gasteiger partial charge in [0.05, 0.1) is 5.75 Å². The van der Waals surface area contributed by atoms with E-state index in [1.54, 1.807) is 12.1 Å². The molecular formula is C16H16N2O4S. The van der Waals surface area contributed by atoms with Crippen molar-refractivity contribution in [1.82, 2.24) is 10.2 Å². The number of ketones is 1. The second-order valence-corrected chi connectivity index (χ2v) is 6.69. The lowest BCUT2D eigenvalue weighted by molar-refractivity contribution is -0.137. The van der Waals surface area contributed by atoms with Gasteiger partial charge in [0.1, 0.15) is 11.8 Å². The summed E-state index contributed by atoms with van der Waals surface area (Å²) in [6.07, 6.45) is 0.586. The molecule has 1 atom stereocenters. The highest BCUT2D eigenvalue weighted by molar-refractivity contribution is 8.00. The van der Waals surface area contributed by atoms with Gasteiger partial charge in [-0.1, -0.05) is 6.07 Å². The van der Waals surface area contributed by atoms with Gasteiger partial charge in [-0.15, -0.1) is 11.8 Å². The topological polar surface area (TPSA) is 83.6 Å². The molecule has 0 aromatic heterocycles. The van der Waals surface area contributed by atoms with E-state index in [0.29, 0.717) is 24.3 Å².